The van der Waals surface area contributed by atoms with Gasteiger partial charge in [0.2, 0.25) is 5.91 Å². The van der Waals surface area contributed by atoms with Crippen molar-refractivity contribution in [2.24, 2.45) is 5.73 Å². The minimum Gasteiger partial charge on any atom is -0.497 e. The standard InChI is InChI=1S/C19H20N4O4S/c1-26-14-6-4-13(5-7-14)16(24)12-28-19-22-21-18(9-8-17(20)25)23(19)11-15-3-2-10-27-15/h2-7,10H,8-9,11-12H2,1H3,(H2,20,25). The number of nitrogens with zero attached hydrogens (tertiary/aromatic N) is 3. The molecule has 2 aromatic heterocycles. The molecule has 0 unspecified atom stereocenters. The van der Waals surface area contributed by atoms with E-state index < -0.39 is 5.91 Å². The summed E-state index contributed by atoms with van der Waals surface area (Å²) in [5.41, 5.74) is 5.84. The Hall–Kier alpha value is -3.07. The number of nitrogens with two attached hydrogens (primary N) is 1. The molecule has 0 aliphatic rings. The number of aromatic nitrogens is 3. The molecular weight excluding hydrogens is 380 g/mol. The van der Waals surface area contributed by atoms with E-state index in [4.69, 9.17) is 14.9 Å². The van der Waals surface area contributed by atoms with Crippen molar-refractivity contribution in [1.29, 1.82) is 0 Å². The summed E-state index contributed by atoms with van der Waals surface area (Å²) in [5.74, 6) is 1.81. The Balaban J connectivity index is 1.72. The molecule has 3 aromatic rings. The first-order valence-electron chi connectivity index (χ1n) is 8.59. The number of hydrogen-bond donors (Lipinski definition) is 1. The molecule has 1 amide bonds. The second-order valence-corrected chi connectivity index (χ2v) is 6.91. The molecule has 0 aliphatic heterocycles. The van der Waals surface area contributed by atoms with E-state index in [0.29, 0.717) is 35.3 Å². The number of Topliss-reactive ketones (excluding diaryl/α,β-unsaturated/α-hetero) is 1. The summed E-state index contributed by atoms with van der Waals surface area (Å²) in [4.78, 5) is 23.6. The predicted molar refractivity (Wildman–Crippen MR) is 103 cm³/mol. The SMILES string of the molecule is COc1ccc(C(=O)CSc2nnc(CCC(N)=O)n2Cc2ccco2)cc1. The van der Waals surface area contributed by atoms with Gasteiger partial charge in [-0.25, -0.2) is 0 Å². The number of benzene rings is 1. The van der Waals surface area contributed by atoms with Crippen molar-refractivity contribution in [1.82, 2.24) is 14.8 Å². The first-order valence-corrected chi connectivity index (χ1v) is 9.58. The van der Waals surface area contributed by atoms with Crippen LogP contribution in [0.5, 0.6) is 5.75 Å². The van der Waals surface area contributed by atoms with Crippen LogP contribution < -0.4 is 10.5 Å². The van der Waals surface area contributed by atoms with Gasteiger partial charge in [-0.3, -0.25) is 14.2 Å². The Kier molecular flexibility index (Phi) is 6.49. The normalized spacial score (nSPS) is 10.8. The van der Waals surface area contributed by atoms with Crippen LogP contribution in [0.2, 0.25) is 0 Å². The summed E-state index contributed by atoms with van der Waals surface area (Å²) >= 11 is 1.29. The largest absolute Gasteiger partial charge is 0.497 e. The summed E-state index contributed by atoms with van der Waals surface area (Å²) in [6, 6.07) is 10.6. The van der Waals surface area contributed by atoms with Crippen LogP contribution in [-0.2, 0) is 17.8 Å². The van der Waals surface area contributed by atoms with Gasteiger partial charge in [-0.1, -0.05) is 11.8 Å². The van der Waals surface area contributed by atoms with E-state index in [1.165, 1.54) is 11.8 Å². The molecule has 2 heterocycles. The molecular formula is C19H20N4O4S. The van der Waals surface area contributed by atoms with Gasteiger partial charge in [0.1, 0.15) is 17.3 Å². The van der Waals surface area contributed by atoms with Gasteiger partial charge in [0, 0.05) is 18.4 Å². The summed E-state index contributed by atoms with van der Waals surface area (Å²) in [6.07, 6.45) is 2.13. The third kappa shape index (κ3) is 5.01. The number of primary amides is 1. The van der Waals surface area contributed by atoms with Crippen molar-refractivity contribution in [3.05, 3.63) is 59.8 Å². The summed E-state index contributed by atoms with van der Waals surface area (Å²) < 4.78 is 12.4. The zero-order valence-electron chi connectivity index (χ0n) is 15.3. The van der Waals surface area contributed by atoms with Crippen molar-refractivity contribution in [2.75, 3.05) is 12.9 Å². The molecule has 0 aliphatic carbocycles. The van der Waals surface area contributed by atoms with Crippen LogP contribution in [0, 0.1) is 0 Å². The average molecular weight is 400 g/mol. The van der Waals surface area contributed by atoms with Crippen LogP contribution in [0.25, 0.3) is 0 Å². The maximum atomic E-state index is 12.5. The Bertz CT molecular complexity index is 936. The van der Waals surface area contributed by atoms with Crippen LogP contribution in [0.1, 0.15) is 28.4 Å². The fourth-order valence-corrected chi connectivity index (χ4v) is 3.40. The zero-order chi connectivity index (χ0) is 19.9. The molecule has 1 aromatic carbocycles. The Labute approximate surface area is 166 Å². The number of carbonyl (C=O) groups excluding carboxylic acids is 2. The van der Waals surface area contributed by atoms with E-state index >= 15 is 0 Å². The monoisotopic (exact) mass is 400 g/mol. The van der Waals surface area contributed by atoms with Crippen molar-refractivity contribution >= 4 is 23.5 Å². The third-order valence-corrected chi connectivity index (χ3v) is 4.99. The van der Waals surface area contributed by atoms with Crippen LogP contribution in [-0.4, -0.2) is 39.3 Å². The fourth-order valence-electron chi connectivity index (χ4n) is 2.55. The molecule has 0 radical (unpaired) electrons. The highest BCUT2D eigenvalue weighted by molar-refractivity contribution is 7.99. The van der Waals surface area contributed by atoms with Crippen molar-refractivity contribution in [3.8, 4) is 5.75 Å². The van der Waals surface area contributed by atoms with Crippen LogP contribution in [0.4, 0.5) is 0 Å². The maximum Gasteiger partial charge on any atom is 0.217 e. The highest BCUT2D eigenvalue weighted by atomic mass is 32.2. The van der Waals surface area contributed by atoms with Gasteiger partial charge < -0.3 is 14.9 Å². The summed E-state index contributed by atoms with van der Waals surface area (Å²) in [7, 11) is 1.58. The van der Waals surface area contributed by atoms with E-state index in [-0.39, 0.29) is 18.0 Å². The second-order valence-electron chi connectivity index (χ2n) is 5.97. The molecule has 0 fully saturated rings. The van der Waals surface area contributed by atoms with Gasteiger partial charge in [0.15, 0.2) is 10.9 Å². The molecule has 3 rings (SSSR count). The first-order chi connectivity index (χ1) is 13.6. The topological polar surface area (TPSA) is 113 Å². The van der Waals surface area contributed by atoms with Gasteiger partial charge in [-0.15, -0.1) is 10.2 Å². The number of ketones is 1. The lowest BCUT2D eigenvalue weighted by Gasteiger charge is -2.08. The van der Waals surface area contributed by atoms with E-state index in [1.54, 1.807) is 43.7 Å². The number of hydrogen-bond acceptors (Lipinski definition) is 7. The highest BCUT2D eigenvalue weighted by Crippen LogP contribution is 2.21. The fraction of sp³-hybridized carbons (Fsp3) is 0.263. The van der Waals surface area contributed by atoms with Gasteiger partial charge in [0.05, 0.1) is 25.7 Å². The molecule has 9 heteroatoms. The number of thioether (sulfide) groups is 1. The molecule has 2 N–H and O–H groups in total. The predicted octanol–water partition coefficient (Wildman–Crippen LogP) is 2.32. The number of methoxy groups -OCH3 is 1. The summed E-state index contributed by atoms with van der Waals surface area (Å²) in [6.45, 7) is 0.410. The zero-order valence-corrected chi connectivity index (χ0v) is 16.1. The molecule has 8 nitrogen and oxygen atoms in total. The molecule has 0 saturated carbocycles. The minimum atomic E-state index is -0.406. The van der Waals surface area contributed by atoms with Crippen LogP contribution >= 0.6 is 11.8 Å². The van der Waals surface area contributed by atoms with E-state index in [0.717, 1.165) is 5.76 Å². The quantitative estimate of drug-likeness (QED) is 0.410. The van der Waals surface area contributed by atoms with Crippen LogP contribution in [0.3, 0.4) is 0 Å². The summed E-state index contributed by atoms with van der Waals surface area (Å²) in [5, 5.41) is 8.92. The van der Waals surface area contributed by atoms with Crippen molar-refractivity contribution < 1.29 is 18.7 Å². The van der Waals surface area contributed by atoms with E-state index in [1.807, 2.05) is 10.6 Å². The lowest BCUT2D eigenvalue weighted by Crippen LogP contribution is -2.14. The van der Waals surface area contributed by atoms with Crippen molar-refractivity contribution in [3.63, 3.8) is 0 Å². The Morgan fingerprint density at radius 1 is 1.21 bits per heavy atom. The molecule has 0 atom stereocenters. The van der Waals surface area contributed by atoms with Gasteiger partial charge in [0.25, 0.3) is 0 Å². The van der Waals surface area contributed by atoms with Gasteiger partial charge >= 0.3 is 0 Å². The molecule has 0 saturated heterocycles. The van der Waals surface area contributed by atoms with Gasteiger partial charge in [-0.05, 0) is 36.4 Å². The lowest BCUT2D eigenvalue weighted by atomic mass is 10.1. The number of amides is 1. The van der Waals surface area contributed by atoms with E-state index in [2.05, 4.69) is 10.2 Å². The average Bonchev–Trinajstić information content (AvgIpc) is 3.35. The van der Waals surface area contributed by atoms with Gasteiger partial charge in [-0.2, -0.15) is 0 Å². The second kappa shape index (κ2) is 9.23. The number of ether oxygens (including phenoxy) is 1. The number of furan rings is 1. The smallest absolute Gasteiger partial charge is 0.217 e. The number of carbonyl (C=O) groups is 2. The van der Waals surface area contributed by atoms with Crippen LogP contribution in [0.15, 0.2) is 52.2 Å². The highest BCUT2D eigenvalue weighted by Gasteiger charge is 2.17. The lowest BCUT2D eigenvalue weighted by molar-refractivity contribution is -0.118. The Morgan fingerprint density at radius 3 is 2.64 bits per heavy atom. The van der Waals surface area contributed by atoms with E-state index in [9.17, 15) is 9.59 Å². The minimum absolute atomic E-state index is 0.0288. The third-order valence-electron chi connectivity index (χ3n) is 4.03. The number of rotatable bonds is 10. The first kappa shape index (κ1) is 19.7. The molecule has 0 spiro atoms. The molecule has 28 heavy (non-hydrogen) atoms. The Morgan fingerprint density at radius 2 is 2.00 bits per heavy atom. The molecule has 146 valence electrons. The maximum absolute atomic E-state index is 12.5. The number of aryl methyl sites for hydroxylation is 1. The molecule has 0 bridgehead atoms. The van der Waals surface area contributed by atoms with Crippen molar-refractivity contribution in [2.45, 2.75) is 24.5 Å².